The molecule has 0 aliphatic carbocycles. The molecule has 1 amide bonds. The van der Waals surface area contributed by atoms with Gasteiger partial charge in [0.05, 0.1) is 31.7 Å². The number of anilines is 1. The number of nitrogens with zero attached hydrogens (tertiary/aromatic N) is 1. The van der Waals surface area contributed by atoms with E-state index in [9.17, 15) is 13.2 Å². The highest BCUT2D eigenvalue weighted by Crippen LogP contribution is 2.28. The Morgan fingerprint density at radius 2 is 1.52 bits per heavy atom. The number of ether oxygens (including phenoxy) is 1. The lowest BCUT2D eigenvalue weighted by molar-refractivity contribution is 0.0901. The first-order valence-electron chi connectivity index (χ1n) is 10.8. The van der Waals surface area contributed by atoms with Gasteiger partial charge in [0.25, 0.3) is 5.91 Å². The molecule has 0 aliphatic rings. The summed E-state index contributed by atoms with van der Waals surface area (Å²) in [6, 6.07) is 22.6. The highest BCUT2D eigenvalue weighted by molar-refractivity contribution is 7.92. The third-order valence-electron chi connectivity index (χ3n) is 5.28. The Balaban J connectivity index is 1.57. The molecule has 0 fully saturated rings. The minimum absolute atomic E-state index is 0.194. The highest BCUT2D eigenvalue weighted by Gasteiger charge is 2.21. The van der Waals surface area contributed by atoms with Crippen molar-refractivity contribution in [2.75, 3.05) is 23.7 Å². The fourth-order valence-electron chi connectivity index (χ4n) is 3.59. The lowest BCUT2D eigenvalue weighted by Crippen LogP contribution is -2.30. The molecular weight excluding hydrogens is 436 g/mol. The van der Waals surface area contributed by atoms with Crippen molar-refractivity contribution in [1.82, 2.24) is 5.32 Å². The second-order valence-electron chi connectivity index (χ2n) is 8.00. The Labute approximate surface area is 196 Å². The van der Waals surface area contributed by atoms with E-state index >= 15 is 0 Å². The van der Waals surface area contributed by atoms with Gasteiger partial charge < -0.3 is 10.1 Å². The average Bonchev–Trinajstić information content (AvgIpc) is 2.78. The van der Waals surface area contributed by atoms with E-state index in [4.69, 9.17) is 4.74 Å². The van der Waals surface area contributed by atoms with Gasteiger partial charge in [-0.1, -0.05) is 60.7 Å². The number of rotatable bonds is 10. The first kappa shape index (κ1) is 24.5. The van der Waals surface area contributed by atoms with E-state index in [-0.39, 0.29) is 12.5 Å². The summed E-state index contributed by atoms with van der Waals surface area (Å²) in [7, 11) is -3.49. The summed E-state index contributed by atoms with van der Waals surface area (Å²) in [6.07, 6.45) is 1.21. The number of para-hydroxylation sites is 1. The summed E-state index contributed by atoms with van der Waals surface area (Å²) >= 11 is 0. The zero-order chi connectivity index (χ0) is 23.8. The third-order valence-corrected chi connectivity index (χ3v) is 6.39. The average molecular weight is 467 g/mol. The summed E-state index contributed by atoms with van der Waals surface area (Å²) in [4.78, 5) is 12.4. The van der Waals surface area contributed by atoms with Crippen molar-refractivity contribution in [3.8, 4) is 0 Å². The molecule has 1 N–H and O–H groups in total. The van der Waals surface area contributed by atoms with Crippen LogP contribution in [0.2, 0.25) is 0 Å². The summed E-state index contributed by atoms with van der Waals surface area (Å²) in [6.45, 7) is 5.32. The largest absolute Gasteiger partial charge is 0.375 e. The van der Waals surface area contributed by atoms with Gasteiger partial charge in [-0.25, -0.2) is 8.42 Å². The minimum atomic E-state index is -3.49. The maximum atomic E-state index is 12.5. The molecule has 0 aromatic heterocycles. The molecule has 3 aromatic carbocycles. The number of nitrogens with one attached hydrogen (secondary N) is 1. The molecule has 174 valence electrons. The normalized spacial score (nSPS) is 11.2. The van der Waals surface area contributed by atoms with E-state index in [0.717, 1.165) is 22.3 Å². The van der Waals surface area contributed by atoms with Crippen LogP contribution in [0.5, 0.6) is 0 Å². The standard InChI is InChI=1S/C26H30N2O4S/c1-20-8-7-9-21(2)25(20)28(33(3,30)31)18-22-12-14-24(15-13-22)26(29)27-16-17-32-19-23-10-5-4-6-11-23/h4-15H,16-19H2,1-3H3,(H,27,29). The molecule has 0 unspecified atom stereocenters. The molecular formula is C26H30N2O4S. The highest BCUT2D eigenvalue weighted by atomic mass is 32.2. The molecule has 6 nitrogen and oxygen atoms in total. The van der Waals surface area contributed by atoms with Gasteiger partial charge in [-0.2, -0.15) is 0 Å². The Morgan fingerprint density at radius 3 is 2.12 bits per heavy atom. The van der Waals surface area contributed by atoms with Crippen LogP contribution in [-0.2, 0) is 27.9 Å². The van der Waals surface area contributed by atoms with Gasteiger partial charge in [-0.15, -0.1) is 0 Å². The smallest absolute Gasteiger partial charge is 0.251 e. The zero-order valence-electron chi connectivity index (χ0n) is 19.2. The molecule has 0 heterocycles. The van der Waals surface area contributed by atoms with E-state index < -0.39 is 10.0 Å². The Hall–Kier alpha value is -3.16. The van der Waals surface area contributed by atoms with Gasteiger partial charge in [0, 0.05) is 12.1 Å². The number of carbonyl (C=O) groups excluding carboxylic acids is 1. The van der Waals surface area contributed by atoms with Crippen LogP contribution in [0.3, 0.4) is 0 Å². The van der Waals surface area contributed by atoms with Crippen molar-refractivity contribution >= 4 is 21.6 Å². The summed E-state index contributed by atoms with van der Waals surface area (Å²) in [5.41, 5.74) is 4.88. The number of sulfonamides is 1. The van der Waals surface area contributed by atoms with Crippen LogP contribution in [-0.4, -0.2) is 33.7 Å². The van der Waals surface area contributed by atoms with Crippen molar-refractivity contribution < 1.29 is 17.9 Å². The molecule has 7 heteroatoms. The van der Waals surface area contributed by atoms with Crippen molar-refractivity contribution in [3.63, 3.8) is 0 Å². The molecule has 3 aromatic rings. The minimum Gasteiger partial charge on any atom is -0.375 e. The van der Waals surface area contributed by atoms with Gasteiger partial charge in [-0.05, 0) is 48.2 Å². The van der Waals surface area contributed by atoms with E-state index in [2.05, 4.69) is 5.32 Å². The molecule has 0 saturated heterocycles. The second-order valence-corrected chi connectivity index (χ2v) is 9.91. The molecule has 0 saturated carbocycles. The SMILES string of the molecule is Cc1cccc(C)c1N(Cc1ccc(C(=O)NCCOCc2ccccc2)cc1)S(C)(=O)=O. The van der Waals surface area contributed by atoms with Crippen molar-refractivity contribution in [1.29, 1.82) is 0 Å². The number of benzene rings is 3. The van der Waals surface area contributed by atoms with Crippen LogP contribution in [0.1, 0.15) is 32.6 Å². The number of hydrogen-bond donors (Lipinski definition) is 1. The van der Waals surface area contributed by atoms with Crippen molar-refractivity contribution in [2.45, 2.75) is 27.0 Å². The van der Waals surface area contributed by atoms with E-state index in [1.54, 1.807) is 24.3 Å². The van der Waals surface area contributed by atoms with Gasteiger partial charge >= 0.3 is 0 Å². The predicted octanol–water partition coefficient (Wildman–Crippen LogP) is 4.22. The van der Waals surface area contributed by atoms with Crippen LogP contribution in [0.15, 0.2) is 72.8 Å². The second kappa shape index (κ2) is 11.1. The maximum Gasteiger partial charge on any atom is 0.251 e. The van der Waals surface area contributed by atoms with Crippen LogP contribution in [0, 0.1) is 13.8 Å². The van der Waals surface area contributed by atoms with Crippen molar-refractivity contribution in [3.05, 3.63) is 101 Å². The summed E-state index contributed by atoms with van der Waals surface area (Å²) in [5, 5.41) is 2.84. The molecule has 0 bridgehead atoms. The number of carbonyl (C=O) groups is 1. The monoisotopic (exact) mass is 466 g/mol. The number of aryl methyl sites for hydroxylation is 2. The molecule has 0 spiro atoms. The predicted molar refractivity (Wildman–Crippen MR) is 132 cm³/mol. The molecule has 0 atom stereocenters. The van der Waals surface area contributed by atoms with E-state index in [0.29, 0.717) is 31.0 Å². The van der Waals surface area contributed by atoms with Crippen LogP contribution in [0.25, 0.3) is 0 Å². The van der Waals surface area contributed by atoms with Crippen molar-refractivity contribution in [2.24, 2.45) is 0 Å². The zero-order valence-corrected chi connectivity index (χ0v) is 20.1. The Kier molecular flexibility index (Phi) is 8.25. The first-order chi connectivity index (χ1) is 15.8. The van der Waals surface area contributed by atoms with Crippen LogP contribution >= 0.6 is 0 Å². The van der Waals surface area contributed by atoms with Gasteiger partial charge in [0.2, 0.25) is 10.0 Å². The number of amides is 1. The van der Waals surface area contributed by atoms with Crippen LogP contribution in [0.4, 0.5) is 5.69 Å². The Bertz CT molecular complexity index is 1160. The third kappa shape index (κ3) is 6.91. The maximum absolute atomic E-state index is 12.5. The lowest BCUT2D eigenvalue weighted by atomic mass is 10.1. The van der Waals surface area contributed by atoms with Gasteiger partial charge in [0.1, 0.15) is 0 Å². The molecule has 0 aliphatic heterocycles. The molecule has 3 rings (SSSR count). The topological polar surface area (TPSA) is 75.7 Å². The van der Waals surface area contributed by atoms with Gasteiger partial charge in [0.15, 0.2) is 0 Å². The fraction of sp³-hybridized carbons (Fsp3) is 0.269. The van der Waals surface area contributed by atoms with Crippen LogP contribution < -0.4 is 9.62 Å². The quantitative estimate of drug-likeness (QED) is 0.454. The molecule has 0 radical (unpaired) electrons. The summed E-state index contributed by atoms with van der Waals surface area (Å²) < 4.78 is 32.1. The van der Waals surface area contributed by atoms with E-state index in [1.807, 2.05) is 62.4 Å². The fourth-order valence-corrected chi connectivity index (χ4v) is 4.59. The Morgan fingerprint density at radius 1 is 0.879 bits per heavy atom. The lowest BCUT2D eigenvalue weighted by Gasteiger charge is -2.26. The molecule has 33 heavy (non-hydrogen) atoms. The van der Waals surface area contributed by atoms with E-state index in [1.165, 1.54) is 10.6 Å². The number of hydrogen-bond acceptors (Lipinski definition) is 4. The summed E-state index contributed by atoms with van der Waals surface area (Å²) in [5.74, 6) is -0.195. The van der Waals surface area contributed by atoms with Gasteiger partial charge in [-0.3, -0.25) is 9.10 Å². The first-order valence-corrected chi connectivity index (χ1v) is 12.6.